The molecule has 130 valence electrons. The lowest BCUT2D eigenvalue weighted by molar-refractivity contribution is 0.105. The van der Waals surface area contributed by atoms with Crippen molar-refractivity contribution in [1.29, 1.82) is 0 Å². The van der Waals surface area contributed by atoms with Crippen LogP contribution in [0.4, 0.5) is 14.6 Å². The molecule has 0 aliphatic rings. The molecule has 3 rings (SSSR count). The number of aliphatic hydroxyl groups is 2. The highest BCUT2D eigenvalue weighted by atomic mass is 19.1. The zero-order valence-electron chi connectivity index (χ0n) is 12.9. The normalized spacial score (nSPS) is 12.3. The summed E-state index contributed by atoms with van der Waals surface area (Å²) in [5.41, 5.74) is -0.175. The summed E-state index contributed by atoms with van der Waals surface area (Å²) in [6.07, 6.45) is -0.973. The second-order valence-corrected chi connectivity index (χ2v) is 5.44. The van der Waals surface area contributed by atoms with E-state index in [9.17, 15) is 19.0 Å². The Balaban J connectivity index is 2.13. The fraction of sp³-hybridized carbons (Fsp3) is 0.176. The summed E-state index contributed by atoms with van der Waals surface area (Å²) in [6, 6.07) is 8.28. The highest BCUT2D eigenvalue weighted by Crippen LogP contribution is 2.36. The van der Waals surface area contributed by atoms with Crippen LogP contribution in [0, 0.1) is 11.6 Å². The second-order valence-electron chi connectivity index (χ2n) is 5.44. The summed E-state index contributed by atoms with van der Waals surface area (Å²) in [4.78, 5) is 0. The number of anilines is 1. The van der Waals surface area contributed by atoms with E-state index in [1.807, 2.05) is 0 Å². The largest absolute Gasteiger partial charge is 0.507 e. The van der Waals surface area contributed by atoms with E-state index in [1.165, 1.54) is 0 Å². The van der Waals surface area contributed by atoms with E-state index in [-0.39, 0.29) is 17.8 Å². The fourth-order valence-corrected chi connectivity index (χ4v) is 2.49. The van der Waals surface area contributed by atoms with Crippen molar-refractivity contribution in [2.75, 3.05) is 18.5 Å². The van der Waals surface area contributed by atoms with Crippen LogP contribution in [0.25, 0.3) is 22.0 Å². The molecule has 1 aromatic heterocycles. The van der Waals surface area contributed by atoms with Crippen LogP contribution in [0.3, 0.4) is 0 Å². The Hall–Kier alpha value is -2.84. The van der Waals surface area contributed by atoms with Gasteiger partial charge in [-0.25, -0.2) is 8.78 Å². The molecule has 1 atom stereocenters. The van der Waals surface area contributed by atoms with E-state index < -0.39 is 30.1 Å². The third-order valence-electron chi connectivity index (χ3n) is 3.67. The molecule has 0 spiro atoms. The molecule has 0 amide bonds. The molecular weight excluding hydrogens is 332 g/mol. The molecule has 6 nitrogen and oxygen atoms in total. The second kappa shape index (κ2) is 6.96. The van der Waals surface area contributed by atoms with Gasteiger partial charge in [-0.3, -0.25) is 0 Å². The number of phenolic OH excluding ortho intramolecular Hbond substituents is 1. The van der Waals surface area contributed by atoms with Crippen LogP contribution >= 0.6 is 0 Å². The first-order valence-corrected chi connectivity index (χ1v) is 7.48. The number of halogens is 2. The van der Waals surface area contributed by atoms with E-state index >= 15 is 0 Å². The molecule has 0 saturated carbocycles. The first kappa shape index (κ1) is 17.0. The van der Waals surface area contributed by atoms with Crippen molar-refractivity contribution in [2.45, 2.75) is 6.10 Å². The number of fused-ring (bicyclic) bond motifs is 1. The summed E-state index contributed by atoms with van der Waals surface area (Å²) in [5, 5.41) is 40.1. The minimum Gasteiger partial charge on any atom is -0.507 e. The summed E-state index contributed by atoms with van der Waals surface area (Å²) >= 11 is 0. The maximum Gasteiger partial charge on any atom is 0.156 e. The van der Waals surface area contributed by atoms with E-state index in [0.717, 1.165) is 6.07 Å². The highest BCUT2D eigenvalue weighted by molar-refractivity contribution is 6.00. The third kappa shape index (κ3) is 3.35. The van der Waals surface area contributed by atoms with Crippen molar-refractivity contribution in [3.63, 3.8) is 0 Å². The number of rotatable bonds is 5. The van der Waals surface area contributed by atoms with Crippen LogP contribution in [0.15, 0.2) is 36.4 Å². The third-order valence-corrected chi connectivity index (χ3v) is 3.67. The Labute approximate surface area is 141 Å². The van der Waals surface area contributed by atoms with Crippen LogP contribution in [-0.2, 0) is 0 Å². The van der Waals surface area contributed by atoms with Crippen LogP contribution in [0.5, 0.6) is 5.75 Å². The van der Waals surface area contributed by atoms with Gasteiger partial charge in [-0.15, -0.1) is 10.2 Å². The van der Waals surface area contributed by atoms with Gasteiger partial charge in [0.15, 0.2) is 5.82 Å². The van der Waals surface area contributed by atoms with Crippen LogP contribution in [0.1, 0.15) is 0 Å². The van der Waals surface area contributed by atoms with Gasteiger partial charge in [0.25, 0.3) is 0 Å². The van der Waals surface area contributed by atoms with Gasteiger partial charge in [0.2, 0.25) is 0 Å². The van der Waals surface area contributed by atoms with E-state index in [2.05, 4.69) is 15.5 Å². The van der Waals surface area contributed by atoms with Gasteiger partial charge in [-0.05, 0) is 0 Å². The van der Waals surface area contributed by atoms with Crippen LogP contribution in [-0.4, -0.2) is 44.8 Å². The minimum atomic E-state index is -0.973. The first-order chi connectivity index (χ1) is 12.0. The van der Waals surface area contributed by atoms with Crippen molar-refractivity contribution in [3.05, 3.63) is 48.0 Å². The van der Waals surface area contributed by atoms with Gasteiger partial charge < -0.3 is 20.6 Å². The Morgan fingerprint density at radius 2 is 1.80 bits per heavy atom. The predicted molar refractivity (Wildman–Crippen MR) is 88.1 cm³/mol. The molecule has 4 N–H and O–H groups in total. The molecule has 0 fully saturated rings. The molecule has 1 heterocycles. The summed E-state index contributed by atoms with van der Waals surface area (Å²) < 4.78 is 27.4. The molecule has 8 heteroatoms. The fourth-order valence-electron chi connectivity index (χ4n) is 2.49. The highest BCUT2D eigenvalue weighted by Gasteiger charge is 2.19. The van der Waals surface area contributed by atoms with E-state index in [4.69, 9.17) is 5.11 Å². The number of nitrogens with zero attached hydrogens (tertiary/aromatic N) is 2. The Kier molecular flexibility index (Phi) is 4.73. The smallest absolute Gasteiger partial charge is 0.156 e. The van der Waals surface area contributed by atoms with Gasteiger partial charge in [0, 0.05) is 29.4 Å². The molecule has 25 heavy (non-hydrogen) atoms. The Bertz CT molecular complexity index is 898. The van der Waals surface area contributed by atoms with Crippen molar-refractivity contribution in [3.8, 4) is 17.0 Å². The van der Waals surface area contributed by atoms with Gasteiger partial charge in [0.1, 0.15) is 23.1 Å². The molecule has 0 bridgehead atoms. The maximum atomic E-state index is 14.2. The Morgan fingerprint density at radius 3 is 2.48 bits per heavy atom. The molecule has 0 radical (unpaired) electrons. The van der Waals surface area contributed by atoms with Gasteiger partial charge >= 0.3 is 0 Å². The number of aromatic hydroxyl groups is 1. The molecular formula is C17H15F2N3O3. The van der Waals surface area contributed by atoms with E-state index in [0.29, 0.717) is 22.7 Å². The standard InChI is InChI=1S/C17H15F2N3O3/c18-9-5-13(19)15(14(25)6-9)16-11-3-1-2-4-12(11)17(22-21-16)20-7-10(24)8-23/h1-6,10,23-25H,7-8H2,(H,20,22)/t10-/m1/s1. The summed E-state index contributed by atoms with van der Waals surface area (Å²) in [5.74, 6) is -2.09. The minimum absolute atomic E-state index is 0.0463. The number of benzene rings is 2. The van der Waals surface area contributed by atoms with Crippen LogP contribution < -0.4 is 5.32 Å². The number of aromatic nitrogens is 2. The monoisotopic (exact) mass is 347 g/mol. The zero-order chi connectivity index (χ0) is 18.0. The van der Waals surface area contributed by atoms with E-state index in [1.54, 1.807) is 24.3 Å². The van der Waals surface area contributed by atoms with Crippen molar-refractivity contribution >= 4 is 16.6 Å². The topological polar surface area (TPSA) is 98.5 Å². The SMILES string of the molecule is OC[C@H](O)CNc1nnc(-c2c(O)cc(F)cc2F)c2ccccc12. The predicted octanol–water partition coefficient (Wildman–Crippen LogP) is 2.05. The molecule has 2 aromatic carbocycles. The van der Waals surface area contributed by atoms with Crippen molar-refractivity contribution in [1.82, 2.24) is 10.2 Å². The quantitative estimate of drug-likeness (QED) is 0.564. The lowest BCUT2D eigenvalue weighted by atomic mass is 10.0. The maximum absolute atomic E-state index is 14.2. The molecule has 0 unspecified atom stereocenters. The number of aliphatic hydroxyl groups excluding tert-OH is 2. The molecule has 0 saturated heterocycles. The number of hydrogen-bond acceptors (Lipinski definition) is 6. The van der Waals surface area contributed by atoms with Gasteiger partial charge in [-0.1, -0.05) is 24.3 Å². The molecule has 0 aliphatic heterocycles. The summed E-state index contributed by atoms with van der Waals surface area (Å²) in [7, 11) is 0. The average Bonchev–Trinajstić information content (AvgIpc) is 2.59. The van der Waals surface area contributed by atoms with Crippen molar-refractivity contribution in [2.24, 2.45) is 0 Å². The zero-order valence-corrected chi connectivity index (χ0v) is 12.9. The van der Waals surface area contributed by atoms with Gasteiger partial charge in [-0.2, -0.15) is 0 Å². The van der Waals surface area contributed by atoms with Gasteiger partial charge in [0.05, 0.1) is 18.3 Å². The molecule has 0 aliphatic carbocycles. The molecule has 3 aromatic rings. The lowest BCUT2D eigenvalue weighted by Crippen LogP contribution is -2.23. The number of hydrogen-bond donors (Lipinski definition) is 4. The number of nitrogens with one attached hydrogen (secondary N) is 1. The average molecular weight is 347 g/mol. The summed E-state index contributed by atoms with van der Waals surface area (Å²) in [6.45, 7) is -0.365. The first-order valence-electron chi connectivity index (χ1n) is 7.48. The number of phenols is 1. The Morgan fingerprint density at radius 1 is 1.08 bits per heavy atom. The van der Waals surface area contributed by atoms with Crippen molar-refractivity contribution < 1.29 is 24.1 Å². The van der Waals surface area contributed by atoms with Crippen LogP contribution in [0.2, 0.25) is 0 Å². The lowest BCUT2D eigenvalue weighted by Gasteiger charge is -2.13.